The van der Waals surface area contributed by atoms with Crippen molar-refractivity contribution >= 4 is 40.8 Å². The number of carbonyl (C=O) groups is 2. The third-order valence-corrected chi connectivity index (χ3v) is 4.29. The van der Waals surface area contributed by atoms with Crippen molar-refractivity contribution in [1.29, 1.82) is 0 Å². The molecular formula is C19H21Cl2N3O2. The summed E-state index contributed by atoms with van der Waals surface area (Å²) in [7, 11) is 0. The average molecular weight is 394 g/mol. The summed E-state index contributed by atoms with van der Waals surface area (Å²) in [6.07, 6.45) is 0. The number of urea groups is 1. The predicted molar refractivity (Wildman–Crippen MR) is 106 cm³/mol. The molecule has 1 atom stereocenters. The molecule has 5 nitrogen and oxygen atoms in total. The smallest absolute Gasteiger partial charge is 0.315 e. The summed E-state index contributed by atoms with van der Waals surface area (Å²) in [5.74, 6) is -0.202. The second-order valence-electron chi connectivity index (χ2n) is 6.13. The van der Waals surface area contributed by atoms with E-state index in [1.54, 1.807) is 18.2 Å². The van der Waals surface area contributed by atoms with Gasteiger partial charge < -0.3 is 16.0 Å². The number of carbonyl (C=O) groups excluding carboxylic acids is 2. The van der Waals surface area contributed by atoms with Crippen LogP contribution in [0.4, 0.5) is 10.5 Å². The highest BCUT2D eigenvalue weighted by Crippen LogP contribution is 2.25. The van der Waals surface area contributed by atoms with Crippen molar-refractivity contribution in [2.24, 2.45) is 5.92 Å². The Bertz CT molecular complexity index is 767. The summed E-state index contributed by atoms with van der Waals surface area (Å²) in [4.78, 5) is 24.2. The second-order valence-corrected chi connectivity index (χ2v) is 6.98. The fourth-order valence-corrected chi connectivity index (χ4v) is 2.77. The predicted octanol–water partition coefficient (Wildman–Crippen LogP) is 4.63. The Morgan fingerprint density at radius 3 is 2.38 bits per heavy atom. The van der Waals surface area contributed by atoms with Crippen molar-refractivity contribution < 1.29 is 9.59 Å². The first-order valence-electron chi connectivity index (χ1n) is 8.21. The van der Waals surface area contributed by atoms with E-state index in [-0.39, 0.29) is 18.5 Å². The van der Waals surface area contributed by atoms with Crippen molar-refractivity contribution in [1.82, 2.24) is 10.6 Å². The number of amides is 3. The number of nitrogens with one attached hydrogen (secondary N) is 3. The summed E-state index contributed by atoms with van der Waals surface area (Å²) < 4.78 is 0. The van der Waals surface area contributed by atoms with E-state index in [1.165, 1.54) is 0 Å². The zero-order chi connectivity index (χ0) is 19.1. The van der Waals surface area contributed by atoms with Crippen LogP contribution in [-0.2, 0) is 4.79 Å². The monoisotopic (exact) mass is 393 g/mol. The third-order valence-electron chi connectivity index (χ3n) is 3.72. The number of anilines is 1. The van der Waals surface area contributed by atoms with E-state index in [4.69, 9.17) is 23.2 Å². The summed E-state index contributed by atoms with van der Waals surface area (Å²) in [6, 6.07) is 13.9. The molecule has 2 rings (SSSR count). The molecule has 26 heavy (non-hydrogen) atoms. The van der Waals surface area contributed by atoms with Gasteiger partial charge in [0, 0.05) is 5.02 Å². The topological polar surface area (TPSA) is 70.2 Å². The van der Waals surface area contributed by atoms with Gasteiger partial charge in [0.2, 0.25) is 5.91 Å². The molecule has 0 heterocycles. The van der Waals surface area contributed by atoms with E-state index in [2.05, 4.69) is 16.0 Å². The Balaban J connectivity index is 1.89. The Kier molecular flexibility index (Phi) is 7.30. The van der Waals surface area contributed by atoms with E-state index < -0.39 is 11.9 Å². The summed E-state index contributed by atoms with van der Waals surface area (Å²) in [6.45, 7) is 3.85. The van der Waals surface area contributed by atoms with E-state index in [9.17, 15) is 9.59 Å². The average Bonchev–Trinajstić information content (AvgIpc) is 2.61. The largest absolute Gasteiger partial charge is 0.331 e. The minimum atomic E-state index is -0.417. The Morgan fingerprint density at radius 2 is 1.73 bits per heavy atom. The zero-order valence-electron chi connectivity index (χ0n) is 14.6. The molecule has 3 amide bonds. The van der Waals surface area contributed by atoms with E-state index in [1.807, 2.05) is 44.2 Å². The minimum absolute atomic E-state index is 0.151. The molecule has 2 aromatic carbocycles. The standard InChI is InChI=1S/C19H21Cl2N3O2/c1-12(2)18(13-6-4-3-5-7-13)24-19(26)22-11-17(25)23-16-10-14(20)8-9-15(16)21/h3-10,12,18H,11H2,1-2H3,(H,23,25)(H2,22,24,26)/t18-/m1/s1. The highest BCUT2D eigenvalue weighted by molar-refractivity contribution is 6.35. The number of benzene rings is 2. The van der Waals surface area contributed by atoms with Crippen LogP contribution in [0.15, 0.2) is 48.5 Å². The van der Waals surface area contributed by atoms with Crippen LogP contribution < -0.4 is 16.0 Å². The molecule has 0 aliphatic carbocycles. The molecule has 0 spiro atoms. The number of hydrogen-bond donors (Lipinski definition) is 3. The SMILES string of the molecule is CC(C)[C@@H](NC(=O)NCC(=O)Nc1cc(Cl)ccc1Cl)c1ccccc1. The summed E-state index contributed by atoms with van der Waals surface area (Å²) in [5.41, 5.74) is 1.41. The number of halogens is 2. The quantitative estimate of drug-likeness (QED) is 0.669. The van der Waals surface area contributed by atoms with Gasteiger partial charge in [0.25, 0.3) is 0 Å². The molecule has 138 valence electrons. The van der Waals surface area contributed by atoms with Crippen LogP contribution in [0.1, 0.15) is 25.5 Å². The molecule has 0 fully saturated rings. The second kappa shape index (κ2) is 9.46. The Hall–Kier alpha value is -2.24. The summed E-state index contributed by atoms with van der Waals surface area (Å²) >= 11 is 11.9. The Morgan fingerprint density at radius 1 is 1.04 bits per heavy atom. The highest BCUT2D eigenvalue weighted by Gasteiger charge is 2.18. The maximum Gasteiger partial charge on any atom is 0.315 e. The van der Waals surface area contributed by atoms with Gasteiger partial charge in [0.05, 0.1) is 23.3 Å². The third kappa shape index (κ3) is 5.93. The lowest BCUT2D eigenvalue weighted by Crippen LogP contribution is -2.42. The highest BCUT2D eigenvalue weighted by atomic mass is 35.5. The van der Waals surface area contributed by atoms with E-state index in [0.29, 0.717) is 15.7 Å². The van der Waals surface area contributed by atoms with Gasteiger partial charge in [-0.1, -0.05) is 67.4 Å². The van der Waals surface area contributed by atoms with Gasteiger partial charge in [0.15, 0.2) is 0 Å². The van der Waals surface area contributed by atoms with Crippen LogP contribution in [0.2, 0.25) is 10.0 Å². The first-order chi connectivity index (χ1) is 12.4. The first kappa shape index (κ1) is 20.1. The lowest BCUT2D eigenvalue weighted by Gasteiger charge is -2.23. The molecule has 0 saturated heterocycles. The number of hydrogen-bond acceptors (Lipinski definition) is 2. The molecule has 0 aliphatic heterocycles. The van der Waals surface area contributed by atoms with Gasteiger partial charge in [-0.2, -0.15) is 0 Å². The van der Waals surface area contributed by atoms with Gasteiger partial charge in [0.1, 0.15) is 0 Å². The fourth-order valence-electron chi connectivity index (χ4n) is 2.44. The van der Waals surface area contributed by atoms with Crippen molar-refractivity contribution in [3.63, 3.8) is 0 Å². The molecule has 0 aliphatic rings. The molecule has 2 aromatic rings. The van der Waals surface area contributed by atoms with Crippen molar-refractivity contribution in [3.8, 4) is 0 Å². The molecule has 7 heteroatoms. The van der Waals surface area contributed by atoms with E-state index >= 15 is 0 Å². The maximum absolute atomic E-state index is 12.2. The molecule has 0 unspecified atom stereocenters. The molecule has 0 bridgehead atoms. The molecular weight excluding hydrogens is 373 g/mol. The van der Waals surface area contributed by atoms with Crippen LogP contribution in [0, 0.1) is 5.92 Å². The van der Waals surface area contributed by atoms with Crippen LogP contribution in [0.5, 0.6) is 0 Å². The van der Waals surface area contributed by atoms with Crippen molar-refractivity contribution in [2.75, 3.05) is 11.9 Å². The van der Waals surface area contributed by atoms with Crippen molar-refractivity contribution in [2.45, 2.75) is 19.9 Å². The molecule has 3 N–H and O–H groups in total. The lowest BCUT2D eigenvalue weighted by atomic mass is 9.96. The van der Waals surface area contributed by atoms with Gasteiger partial charge in [-0.15, -0.1) is 0 Å². The number of rotatable bonds is 6. The minimum Gasteiger partial charge on any atom is -0.331 e. The van der Waals surface area contributed by atoms with Gasteiger partial charge in [-0.25, -0.2) is 4.79 Å². The van der Waals surface area contributed by atoms with Gasteiger partial charge in [-0.05, 0) is 29.7 Å². The van der Waals surface area contributed by atoms with Gasteiger partial charge >= 0.3 is 6.03 Å². The Labute approximate surface area is 163 Å². The van der Waals surface area contributed by atoms with Crippen LogP contribution in [0.25, 0.3) is 0 Å². The van der Waals surface area contributed by atoms with Crippen LogP contribution in [0.3, 0.4) is 0 Å². The van der Waals surface area contributed by atoms with Crippen LogP contribution in [-0.4, -0.2) is 18.5 Å². The zero-order valence-corrected chi connectivity index (χ0v) is 16.1. The molecule has 0 aromatic heterocycles. The lowest BCUT2D eigenvalue weighted by molar-refractivity contribution is -0.115. The van der Waals surface area contributed by atoms with Crippen LogP contribution >= 0.6 is 23.2 Å². The van der Waals surface area contributed by atoms with E-state index in [0.717, 1.165) is 5.56 Å². The fraction of sp³-hybridized carbons (Fsp3) is 0.263. The first-order valence-corrected chi connectivity index (χ1v) is 8.96. The van der Waals surface area contributed by atoms with Gasteiger partial charge in [-0.3, -0.25) is 4.79 Å². The molecule has 0 saturated carbocycles. The maximum atomic E-state index is 12.2. The molecule has 0 radical (unpaired) electrons. The van der Waals surface area contributed by atoms with Crippen molar-refractivity contribution in [3.05, 3.63) is 64.1 Å². The summed E-state index contributed by atoms with van der Waals surface area (Å²) in [5, 5.41) is 8.89. The normalized spacial score (nSPS) is 11.7.